The molecule has 2 aromatic rings. The fourth-order valence-electron chi connectivity index (χ4n) is 1.76. The average Bonchev–Trinajstić information content (AvgIpc) is 2.55. The second-order valence-corrected chi connectivity index (χ2v) is 5.46. The zero-order chi connectivity index (χ0) is 15.8. The van der Waals surface area contributed by atoms with E-state index in [9.17, 15) is 4.79 Å². The SMILES string of the molecule is CCc1ccc(OCC(=O)N/N=C\c2ccccc2Br)cc1. The van der Waals surface area contributed by atoms with Gasteiger partial charge in [-0.05, 0) is 30.2 Å². The number of halogens is 1. The van der Waals surface area contributed by atoms with E-state index in [1.807, 2.05) is 48.5 Å². The largest absolute Gasteiger partial charge is 0.484 e. The van der Waals surface area contributed by atoms with Crippen molar-refractivity contribution in [2.24, 2.45) is 5.10 Å². The van der Waals surface area contributed by atoms with E-state index in [0.29, 0.717) is 5.75 Å². The van der Waals surface area contributed by atoms with Crippen molar-refractivity contribution in [2.45, 2.75) is 13.3 Å². The van der Waals surface area contributed by atoms with Gasteiger partial charge in [0.1, 0.15) is 5.75 Å². The maximum atomic E-state index is 11.7. The van der Waals surface area contributed by atoms with Crippen LogP contribution in [0.1, 0.15) is 18.1 Å². The van der Waals surface area contributed by atoms with Crippen molar-refractivity contribution >= 4 is 28.1 Å². The van der Waals surface area contributed by atoms with Crippen LogP contribution in [-0.4, -0.2) is 18.7 Å². The Labute approximate surface area is 138 Å². The van der Waals surface area contributed by atoms with E-state index in [-0.39, 0.29) is 12.5 Å². The molecule has 5 heteroatoms. The normalized spacial score (nSPS) is 10.6. The lowest BCUT2D eigenvalue weighted by Crippen LogP contribution is -2.24. The number of hydrazone groups is 1. The molecule has 0 unspecified atom stereocenters. The molecule has 0 aromatic heterocycles. The standard InChI is InChI=1S/C17H17BrN2O2/c1-2-13-7-9-15(10-8-13)22-12-17(21)20-19-11-14-5-3-4-6-16(14)18/h3-11H,2,12H2,1H3,(H,20,21)/b19-11-. The monoisotopic (exact) mass is 360 g/mol. The Hall–Kier alpha value is -2.14. The van der Waals surface area contributed by atoms with Gasteiger partial charge in [0, 0.05) is 10.0 Å². The molecule has 22 heavy (non-hydrogen) atoms. The number of ether oxygens (including phenoxy) is 1. The summed E-state index contributed by atoms with van der Waals surface area (Å²) in [6.45, 7) is 2.02. The molecule has 0 spiro atoms. The topological polar surface area (TPSA) is 50.7 Å². The average molecular weight is 361 g/mol. The summed E-state index contributed by atoms with van der Waals surface area (Å²) in [4.78, 5) is 11.7. The number of carbonyl (C=O) groups is 1. The minimum Gasteiger partial charge on any atom is -0.484 e. The van der Waals surface area contributed by atoms with Crippen molar-refractivity contribution in [1.82, 2.24) is 5.43 Å². The third-order valence-corrected chi connectivity index (χ3v) is 3.72. The Balaban J connectivity index is 1.79. The number of nitrogens with zero attached hydrogens (tertiary/aromatic N) is 1. The van der Waals surface area contributed by atoms with E-state index < -0.39 is 0 Å². The van der Waals surface area contributed by atoms with Crippen LogP contribution in [0.15, 0.2) is 58.1 Å². The molecule has 0 bridgehead atoms. The molecule has 2 aromatic carbocycles. The minimum absolute atomic E-state index is 0.0707. The van der Waals surface area contributed by atoms with Crippen LogP contribution in [-0.2, 0) is 11.2 Å². The molecule has 2 rings (SSSR count). The van der Waals surface area contributed by atoms with Gasteiger partial charge < -0.3 is 4.74 Å². The van der Waals surface area contributed by atoms with Crippen molar-refractivity contribution in [3.05, 3.63) is 64.1 Å². The summed E-state index contributed by atoms with van der Waals surface area (Å²) in [6.07, 6.45) is 2.56. The summed E-state index contributed by atoms with van der Waals surface area (Å²) in [5.41, 5.74) is 4.56. The smallest absolute Gasteiger partial charge is 0.277 e. The van der Waals surface area contributed by atoms with Gasteiger partial charge in [-0.2, -0.15) is 5.10 Å². The van der Waals surface area contributed by atoms with Crippen molar-refractivity contribution in [3.63, 3.8) is 0 Å². The van der Waals surface area contributed by atoms with Gasteiger partial charge in [0.15, 0.2) is 6.61 Å². The maximum absolute atomic E-state index is 11.7. The van der Waals surface area contributed by atoms with E-state index >= 15 is 0 Å². The molecule has 0 saturated carbocycles. The first-order valence-corrected chi connectivity index (χ1v) is 7.76. The zero-order valence-electron chi connectivity index (χ0n) is 12.3. The predicted octanol–water partition coefficient (Wildman–Crippen LogP) is 3.54. The summed E-state index contributed by atoms with van der Waals surface area (Å²) in [5.74, 6) is 0.366. The van der Waals surface area contributed by atoms with Gasteiger partial charge in [-0.1, -0.05) is 53.2 Å². The second-order valence-electron chi connectivity index (χ2n) is 4.60. The number of amides is 1. The number of carbonyl (C=O) groups excluding carboxylic acids is 1. The highest BCUT2D eigenvalue weighted by Gasteiger charge is 2.01. The molecule has 0 heterocycles. The highest BCUT2D eigenvalue weighted by Crippen LogP contribution is 2.13. The summed E-state index contributed by atoms with van der Waals surface area (Å²) in [7, 11) is 0. The van der Waals surface area contributed by atoms with Crippen LogP contribution in [0.2, 0.25) is 0 Å². The number of benzene rings is 2. The van der Waals surface area contributed by atoms with Gasteiger partial charge in [-0.3, -0.25) is 4.79 Å². The van der Waals surface area contributed by atoms with Crippen molar-refractivity contribution in [1.29, 1.82) is 0 Å². The Kier molecular flexibility index (Phi) is 6.15. The molecule has 1 amide bonds. The van der Waals surface area contributed by atoms with E-state index in [0.717, 1.165) is 16.5 Å². The number of aryl methyl sites for hydroxylation is 1. The highest BCUT2D eigenvalue weighted by atomic mass is 79.9. The molecule has 0 fully saturated rings. The number of hydrogen-bond acceptors (Lipinski definition) is 3. The summed E-state index contributed by atoms with van der Waals surface area (Å²) >= 11 is 3.41. The lowest BCUT2D eigenvalue weighted by atomic mass is 10.2. The van der Waals surface area contributed by atoms with Gasteiger partial charge in [0.2, 0.25) is 0 Å². The third-order valence-electron chi connectivity index (χ3n) is 3.00. The summed E-state index contributed by atoms with van der Waals surface area (Å²) in [5, 5.41) is 3.91. The van der Waals surface area contributed by atoms with Crippen LogP contribution >= 0.6 is 15.9 Å². The molecular weight excluding hydrogens is 344 g/mol. The van der Waals surface area contributed by atoms with Crippen LogP contribution in [0.3, 0.4) is 0 Å². The maximum Gasteiger partial charge on any atom is 0.277 e. The molecule has 4 nitrogen and oxygen atoms in total. The molecule has 0 aliphatic carbocycles. The van der Waals surface area contributed by atoms with Gasteiger partial charge in [-0.15, -0.1) is 0 Å². The fourth-order valence-corrected chi connectivity index (χ4v) is 2.14. The van der Waals surface area contributed by atoms with Gasteiger partial charge in [-0.25, -0.2) is 5.43 Å². The zero-order valence-corrected chi connectivity index (χ0v) is 13.8. The van der Waals surface area contributed by atoms with E-state index in [1.165, 1.54) is 5.56 Å². The molecule has 0 saturated heterocycles. The molecule has 0 atom stereocenters. The fraction of sp³-hybridized carbons (Fsp3) is 0.176. The molecule has 0 radical (unpaired) electrons. The van der Waals surface area contributed by atoms with Crippen LogP contribution in [0, 0.1) is 0 Å². The van der Waals surface area contributed by atoms with Gasteiger partial charge in [0.05, 0.1) is 6.21 Å². The Morgan fingerprint density at radius 2 is 1.95 bits per heavy atom. The van der Waals surface area contributed by atoms with Crippen LogP contribution in [0.5, 0.6) is 5.75 Å². The Morgan fingerprint density at radius 1 is 1.23 bits per heavy atom. The van der Waals surface area contributed by atoms with Crippen molar-refractivity contribution in [3.8, 4) is 5.75 Å². The lowest BCUT2D eigenvalue weighted by Gasteiger charge is -2.05. The molecule has 114 valence electrons. The molecule has 1 N–H and O–H groups in total. The Bertz CT molecular complexity index is 654. The molecule has 0 aliphatic heterocycles. The van der Waals surface area contributed by atoms with Gasteiger partial charge in [0.25, 0.3) is 5.91 Å². The minimum atomic E-state index is -0.303. The first-order chi connectivity index (χ1) is 10.7. The quantitative estimate of drug-likeness (QED) is 0.632. The molecule has 0 aliphatic rings. The van der Waals surface area contributed by atoms with Crippen molar-refractivity contribution in [2.75, 3.05) is 6.61 Å². The van der Waals surface area contributed by atoms with E-state index in [4.69, 9.17) is 4.74 Å². The van der Waals surface area contributed by atoms with Crippen LogP contribution in [0.25, 0.3) is 0 Å². The predicted molar refractivity (Wildman–Crippen MR) is 91.2 cm³/mol. The summed E-state index contributed by atoms with van der Waals surface area (Å²) in [6, 6.07) is 15.3. The Morgan fingerprint density at radius 3 is 2.64 bits per heavy atom. The second kappa shape index (κ2) is 8.34. The first-order valence-electron chi connectivity index (χ1n) is 6.97. The molecular formula is C17H17BrN2O2. The number of rotatable bonds is 6. The third kappa shape index (κ3) is 5.00. The van der Waals surface area contributed by atoms with Crippen LogP contribution in [0.4, 0.5) is 0 Å². The van der Waals surface area contributed by atoms with E-state index in [1.54, 1.807) is 6.21 Å². The van der Waals surface area contributed by atoms with Gasteiger partial charge >= 0.3 is 0 Å². The number of nitrogens with one attached hydrogen (secondary N) is 1. The number of hydrogen-bond donors (Lipinski definition) is 1. The summed E-state index contributed by atoms with van der Waals surface area (Å²) < 4.78 is 6.32. The lowest BCUT2D eigenvalue weighted by molar-refractivity contribution is -0.123. The first kappa shape index (κ1) is 16.2. The highest BCUT2D eigenvalue weighted by molar-refractivity contribution is 9.10. The van der Waals surface area contributed by atoms with Crippen molar-refractivity contribution < 1.29 is 9.53 Å². The van der Waals surface area contributed by atoms with Crippen LogP contribution < -0.4 is 10.2 Å². The van der Waals surface area contributed by atoms with E-state index in [2.05, 4.69) is 33.4 Å².